The molecule has 1 heterocycles. The molecule has 0 atom stereocenters. The fourth-order valence-corrected chi connectivity index (χ4v) is 1.69. The van der Waals surface area contributed by atoms with Crippen LogP contribution in [0.15, 0.2) is 6.07 Å². The quantitative estimate of drug-likeness (QED) is 0.686. The summed E-state index contributed by atoms with van der Waals surface area (Å²) < 4.78 is 29.8. The Morgan fingerprint density at radius 2 is 2.31 bits per heavy atom. The van der Waals surface area contributed by atoms with E-state index >= 15 is 0 Å². The Balaban J connectivity index is 3.45. The van der Waals surface area contributed by atoms with E-state index in [9.17, 15) is 13.6 Å². The topological polar surface area (TPSA) is 65.2 Å². The molecular weight excluding hydrogens is 286 g/mol. The molecule has 1 aromatic heterocycles. The molecule has 0 radical (unpaired) electrons. The molecule has 1 aromatic rings. The summed E-state index contributed by atoms with van der Waals surface area (Å²) in [7, 11) is 1.12. The van der Waals surface area contributed by atoms with Crippen molar-refractivity contribution in [2.24, 2.45) is 0 Å². The molecular formula is C9H9BrF2N2O2. The molecule has 0 unspecified atom stereocenters. The summed E-state index contributed by atoms with van der Waals surface area (Å²) in [6.45, 7) is 0. The number of nitrogens with two attached hydrogens (primary N) is 1. The number of rotatable bonds is 3. The van der Waals surface area contributed by atoms with Gasteiger partial charge in [0.2, 0.25) is 0 Å². The number of hydrogen-bond donors (Lipinski definition) is 1. The zero-order valence-corrected chi connectivity index (χ0v) is 9.92. The number of esters is 1. The average Bonchev–Trinajstić information content (AvgIpc) is 2.26. The minimum Gasteiger partial charge on any atom is -0.465 e. The molecule has 2 N–H and O–H groups in total. The molecule has 16 heavy (non-hydrogen) atoms. The lowest BCUT2D eigenvalue weighted by Gasteiger charge is -2.11. The summed E-state index contributed by atoms with van der Waals surface area (Å²) in [5.74, 6) is -0.908. The van der Waals surface area contributed by atoms with Gasteiger partial charge in [-0.1, -0.05) is 15.9 Å². The number of ether oxygens (including phenoxy) is 1. The van der Waals surface area contributed by atoms with Crippen molar-refractivity contribution in [3.8, 4) is 0 Å². The maximum atomic E-state index is 12.7. The largest absolute Gasteiger partial charge is 0.465 e. The summed E-state index contributed by atoms with van der Waals surface area (Å²) in [6, 6.07) is 1.35. The van der Waals surface area contributed by atoms with Crippen LogP contribution < -0.4 is 5.73 Å². The van der Waals surface area contributed by atoms with E-state index < -0.39 is 18.1 Å². The highest BCUT2D eigenvalue weighted by Crippen LogP contribution is 2.27. The van der Waals surface area contributed by atoms with E-state index in [0.29, 0.717) is 5.56 Å². The van der Waals surface area contributed by atoms with E-state index in [0.717, 1.165) is 7.11 Å². The summed E-state index contributed by atoms with van der Waals surface area (Å²) in [5.41, 5.74) is 4.81. The number of alkyl halides is 3. The van der Waals surface area contributed by atoms with Crippen molar-refractivity contribution in [1.29, 1.82) is 0 Å². The molecule has 0 saturated heterocycles. The molecule has 88 valence electrons. The number of aromatic nitrogens is 1. The lowest BCUT2D eigenvalue weighted by molar-refractivity contribution is 0.0586. The number of halogens is 3. The first kappa shape index (κ1) is 12.8. The van der Waals surface area contributed by atoms with Crippen molar-refractivity contribution in [2.75, 3.05) is 12.8 Å². The van der Waals surface area contributed by atoms with Gasteiger partial charge in [0.05, 0.1) is 12.7 Å². The predicted octanol–water partition coefficient (Wildman–Crippen LogP) is 2.28. The van der Waals surface area contributed by atoms with E-state index in [4.69, 9.17) is 5.73 Å². The van der Waals surface area contributed by atoms with Crippen LogP contribution in [0.25, 0.3) is 0 Å². The van der Waals surface area contributed by atoms with E-state index in [-0.39, 0.29) is 16.7 Å². The number of hydrogen-bond acceptors (Lipinski definition) is 4. The molecule has 0 aliphatic rings. The molecule has 0 aliphatic carbocycles. The fraction of sp³-hybridized carbons (Fsp3) is 0.333. The third kappa shape index (κ3) is 2.46. The maximum Gasteiger partial charge on any atom is 0.340 e. The van der Waals surface area contributed by atoms with Gasteiger partial charge in [-0.25, -0.2) is 18.6 Å². The Bertz CT molecular complexity index is 413. The highest BCUT2D eigenvalue weighted by atomic mass is 79.9. The lowest BCUT2D eigenvalue weighted by Crippen LogP contribution is -2.13. The van der Waals surface area contributed by atoms with Gasteiger partial charge in [-0.05, 0) is 11.6 Å². The first-order valence-electron chi connectivity index (χ1n) is 4.23. The van der Waals surface area contributed by atoms with Crippen LogP contribution >= 0.6 is 15.9 Å². The van der Waals surface area contributed by atoms with Crippen LogP contribution in [0.2, 0.25) is 0 Å². The van der Waals surface area contributed by atoms with Crippen molar-refractivity contribution < 1.29 is 18.3 Å². The Labute approximate surface area is 98.9 Å². The standard InChI is InChI=1S/C9H9BrF2N2O2/c1-16-9(15)6-4(3-10)2-5(13)14-7(6)8(11)12/h2,8H,3H2,1H3,(H2,13,14). The normalized spacial score (nSPS) is 10.6. The van der Waals surface area contributed by atoms with Gasteiger partial charge in [0, 0.05) is 5.33 Å². The zero-order chi connectivity index (χ0) is 12.3. The number of anilines is 1. The minimum atomic E-state index is -2.88. The Hall–Kier alpha value is -1.24. The third-order valence-corrected chi connectivity index (χ3v) is 2.49. The summed E-state index contributed by atoms with van der Waals surface area (Å²) in [6.07, 6.45) is -2.88. The van der Waals surface area contributed by atoms with Crippen molar-refractivity contribution in [3.63, 3.8) is 0 Å². The summed E-state index contributed by atoms with van der Waals surface area (Å²) in [4.78, 5) is 14.8. The fourth-order valence-electron chi connectivity index (χ4n) is 1.24. The average molecular weight is 295 g/mol. The van der Waals surface area contributed by atoms with Gasteiger partial charge in [-0.3, -0.25) is 0 Å². The van der Waals surface area contributed by atoms with Crippen molar-refractivity contribution in [3.05, 3.63) is 22.9 Å². The molecule has 4 nitrogen and oxygen atoms in total. The molecule has 0 spiro atoms. The molecule has 1 rings (SSSR count). The first-order chi connectivity index (χ1) is 7.51. The number of nitrogens with zero attached hydrogens (tertiary/aromatic N) is 1. The smallest absolute Gasteiger partial charge is 0.340 e. The van der Waals surface area contributed by atoms with Crippen LogP contribution in [0.4, 0.5) is 14.6 Å². The van der Waals surface area contributed by atoms with Gasteiger partial charge >= 0.3 is 5.97 Å². The van der Waals surface area contributed by atoms with Crippen LogP contribution in [0, 0.1) is 0 Å². The molecule has 0 fully saturated rings. The third-order valence-electron chi connectivity index (χ3n) is 1.89. The SMILES string of the molecule is COC(=O)c1c(CBr)cc(N)nc1C(F)F. The first-order valence-corrected chi connectivity index (χ1v) is 5.35. The minimum absolute atomic E-state index is 0.0580. The van der Waals surface area contributed by atoms with Crippen molar-refractivity contribution >= 4 is 27.7 Å². The second kappa shape index (κ2) is 5.20. The van der Waals surface area contributed by atoms with Gasteiger partial charge in [-0.15, -0.1) is 0 Å². The summed E-state index contributed by atoms with van der Waals surface area (Å²) >= 11 is 3.09. The van der Waals surface area contributed by atoms with Gasteiger partial charge < -0.3 is 10.5 Å². The van der Waals surface area contributed by atoms with E-state index in [1.165, 1.54) is 6.07 Å². The predicted molar refractivity (Wildman–Crippen MR) is 57.6 cm³/mol. The lowest BCUT2D eigenvalue weighted by atomic mass is 10.1. The molecule has 0 saturated carbocycles. The molecule has 0 aromatic carbocycles. The maximum absolute atomic E-state index is 12.7. The monoisotopic (exact) mass is 294 g/mol. The van der Waals surface area contributed by atoms with E-state index in [2.05, 4.69) is 25.7 Å². The Kier molecular flexibility index (Phi) is 4.17. The van der Waals surface area contributed by atoms with Crippen molar-refractivity contribution in [2.45, 2.75) is 11.8 Å². The van der Waals surface area contributed by atoms with Gasteiger partial charge in [0.25, 0.3) is 6.43 Å². The second-order valence-corrected chi connectivity index (χ2v) is 3.45. The van der Waals surface area contributed by atoms with E-state index in [1.54, 1.807) is 0 Å². The molecule has 0 amide bonds. The van der Waals surface area contributed by atoms with Gasteiger partial charge in [-0.2, -0.15) is 0 Å². The van der Waals surface area contributed by atoms with Crippen LogP contribution in [0.5, 0.6) is 0 Å². The number of pyridine rings is 1. The van der Waals surface area contributed by atoms with Crippen LogP contribution in [0.3, 0.4) is 0 Å². The molecule has 0 bridgehead atoms. The Morgan fingerprint density at radius 1 is 1.69 bits per heavy atom. The number of nitrogen functional groups attached to an aromatic ring is 1. The molecule has 0 aliphatic heterocycles. The van der Waals surface area contributed by atoms with Crippen LogP contribution in [-0.4, -0.2) is 18.1 Å². The summed E-state index contributed by atoms with van der Waals surface area (Å²) in [5, 5.41) is 0.212. The second-order valence-electron chi connectivity index (χ2n) is 2.89. The van der Waals surface area contributed by atoms with E-state index in [1.807, 2.05) is 0 Å². The van der Waals surface area contributed by atoms with Crippen LogP contribution in [0.1, 0.15) is 28.0 Å². The van der Waals surface area contributed by atoms with Crippen LogP contribution in [-0.2, 0) is 10.1 Å². The number of carbonyl (C=O) groups excluding carboxylic acids is 1. The highest BCUT2D eigenvalue weighted by Gasteiger charge is 2.24. The highest BCUT2D eigenvalue weighted by molar-refractivity contribution is 9.08. The zero-order valence-electron chi connectivity index (χ0n) is 8.34. The van der Waals surface area contributed by atoms with Gasteiger partial charge in [0.1, 0.15) is 11.5 Å². The Morgan fingerprint density at radius 3 is 2.75 bits per heavy atom. The number of methoxy groups -OCH3 is 1. The molecule has 7 heteroatoms. The number of carbonyl (C=O) groups is 1. The van der Waals surface area contributed by atoms with Gasteiger partial charge in [0.15, 0.2) is 0 Å². The van der Waals surface area contributed by atoms with Crippen molar-refractivity contribution in [1.82, 2.24) is 4.98 Å².